The lowest BCUT2D eigenvalue weighted by molar-refractivity contribution is -0.384. The van der Waals surface area contributed by atoms with Gasteiger partial charge in [0.25, 0.3) is 17.5 Å². The van der Waals surface area contributed by atoms with Crippen molar-refractivity contribution in [2.75, 3.05) is 16.1 Å². The maximum absolute atomic E-state index is 12.6. The minimum Gasteiger partial charge on any atom is -0.322 e. The number of Topliss-reactive ketones (excluding diaryl/α,β-unsaturated/α-hetero) is 1. The molecule has 0 aliphatic heterocycles. The molecule has 13 nitrogen and oxygen atoms in total. The molecule has 5 N–H and O–H groups in total. The summed E-state index contributed by atoms with van der Waals surface area (Å²) in [6, 6.07) is 16.5. The predicted octanol–water partition coefficient (Wildman–Crippen LogP) is 2.49. The molecule has 0 atom stereocenters. The Hall–Kier alpha value is -4.95. The third kappa shape index (κ3) is 7.27. The first-order valence-corrected chi connectivity index (χ1v) is 11.9. The molecule has 2 amide bonds. The van der Waals surface area contributed by atoms with Crippen LogP contribution in [-0.4, -0.2) is 36.7 Å². The van der Waals surface area contributed by atoms with E-state index >= 15 is 0 Å². The number of rotatable bonds is 9. The van der Waals surface area contributed by atoms with Gasteiger partial charge in [0.1, 0.15) is 0 Å². The number of anilines is 3. The second-order valence-electron chi connectivity index (χ2n) is 7.50. The van der Waals surface area contributed by atoms with E-state index in [1.54, 1.807) is 0 Å². The van der Waals surface area contributed by atoms with E-state index in [1.165, 1.54) is 66.7 Å². The molecule has 0 bridgehead atoms. The number of hydrazone groups is 1. The molecule has 37 heavy (non-hydrogen) atoms. The van der Waals surface area contributed by atoms with Crippen LogP contribution in [0, 0.1) is 10.1 Å². The number of amides is 2. The van der Waals surface area contributed by atoms with Crippen molar-refractivity contribution in [1.82, 2.24) is 0 Å². The Morgan fingerprint density at radius 3 is 2.16 bits per heavy atom. The summed E-state index contributed by atoms with van der Waals surface area (Å²) in [4.78, 5) is 47.3. The number of carbonyl (C=O) groups excluding carboxylic acids is 3. The zero-order chi connectivity index (χ0) is 27.2. The van der Waals surface area contributed by atoms with Crippen LogP contribution in [0.5, 0.6) is 0 Å². The van der Waals surface area contributed by atoms with Gasteiger partial charge >= 0.3 is 0 Å². The van der Waals surface area contributed by atoms with E-state index in [9.17, 15) is 32.9 Å². The Labute approximate surface area is 210 Å². The first kappa shape index (κ1) is 26.7. The Morgan fingerprint density at radius 1 is 0.892 bits per heavy atom. The monoisotopic (exact) mass is 524 g/mol. The number of nitro groups is 1. The van der Waals surface area contributed by atoms with Crippen molar-refractivity contribution in [3.8, 4) is 0 Å². The number of ketones is 1. The Morgan fingerprint density at radius 2 is 1.51 bits per heavy atom. The highest BCUT2D eigenvalue weighted by Crippen LogP contribution is 2.18. The molecular weight excluding hydrogens is 504 g/mol. The number of sulfonamides is 1. The number of non-ortho nitro benzene ring substituents is 1. The zero-order valence-corrected chi connectivity index (χ0v) is 20.0. The fourth-order valence-corrected chi connectivity index (χ4v) is 3.54. The van der Waals surface area contributed by atoms with Crippen LogP contribution in [0.1, 0.15) is 17.3 Å². The van der Waals surface area contributed by atoms with Crippen molar-refractivity contribution in [3.63, 3.8) is 0 Å². The number of carbonyl (C=O) groups is 3. The van der Waals surface area contributed by atoms with Crippen molar-refractivity contribution in [2.45, 2.75) is 11.8 Å². The van der Waals surface area contributed by atoms with Crippen LogP contribution in [0.25, 0.3) is 0 Å². The summed E-state index contributed by atoms with van der Waals surface area (Å²) in [6.45, 7) is 1.12. The van der Waals surface area contributed by atoms with Crippen molar-refractivity contribution < 1.29 is 27.7 Å². The summed E-state index contributed by atoms with van der Waals surface area (Å²) in [7, 11) is -3.95. The van der Waals surface area contributed by atoms with Gasteiger partial charge in [0, 0.05) is 36.0 Å². The van der Waals surface area contributed by atoms with Gasteiger partial charge in [-0.05, 0) is 42.5 Å². The Bertz CT molecular complexity index is 1540. The molecule has 0 unspecified atom stereocenters. The van der Waals surface area contributed by atoms with Crippen molar-refractivity contribution in [1.29, 1.82) is 0 Å². The second-order valence-corrected chi connectivity index (χ2v) is 9.06. The van der Waals surface area contributed by atoms with Crippen LogP contribution in [0.3, 0.4) is 0 Å². The summed E-state index contributed by atoms with van der Waals surface area (Å²) >= 11 is 0. The summed E-state index contributed by atoms with van der Waals surface area (Å²) in [5.41, 5.74) is 2.48. The van der Waals surface area contributed by atoms with Crippen LogP contribution in [0.2, 0.25) is 0 Å². The minimum absolute atomic E-state index is 0.0957. The normalized spacial score (nSPS) is 11.4. The molecule has 0 aromatic heterocycles. The number of hydrogen-bond donors (Lipinski definition) is 4. The average Bonchev–Trinajstić information content (AvgIpc) is 2.84. The quantitative estimate of drug-likeness (QED) is 0.141. The number of benzene rings is 3. The van der Waals surface area contributed by atoms with Crippen LogP contribution in [0.4, 0.5) is 22.7 Å². The second kappa shape index (κ2) is 11.2. The molecule has 3 aromatic rings. The summed E-state index contributed by atoms with van der Waals surface area (Å²) < 4.78 is 23.0. The smallest absolute Gasteiger partial charge is 0.279 e. The topological polar surface area (TPSA) is 203 Å². The van der Waals surface area contributed by atoms with Gasteiger partial charge in [0.2, 0.25) is 10.0 Å². The van der Waals surface area contributed by atoms with Crippen molar-refractivity contribution in [3.05, 3.63) is 88.5 Å². The standard InChI is InChI=1S/C23H20N6O7S/c1-14(30)21(23(32)26-16-6-3-9-19(12-16)29(33)34)28-27-18-8-2-5-15(11-18)22(31)25-17-7-4-10-20(13-17)37(24,35)36/h2-13,27H,1H3,(H,25,31)(H,26,32)(H2,24,35,36)/b28-21-. The van der Waals surface area contributed by atoms with Crippen LogP contribution in [0.15, 0.2) is 82.8 Å². The number of primary sulfonamides is 1. The molecule has 0 saturated heterocycles. The number of nitrogens with zero attached hydrogens (tertiary/aromatic N) is 2. The number of nitro benzene ring substituents is 1. The summed E-state index contributed by atoms with van der Waals surface area (Å²) in [5, 5.41) is 24.8. The van der Waals surface area contributed by atoms with Gasteiger partial charge in [-0.15, -0.1) is 0 Å². The molecule has 0 radical (unpaired) electrons. The minimum atomic E-state index is -3.95. The van der Waals surface area contributed by atoms with E-state index < -0.39 is 38.3 Å². The molecule has 0 spiro atoms. The Kier molecular flexibility index (Phi) is 8.06. The number of hydrogen-bond acceptors (Lipinski definition) is 9. The van der Waals surface area contributed by atoms with Gasteiger partial charge in [-0.2, -0.15) is 5.10 Å². The lowest BCUT2D eigenvalue weighted by atomic mass is 10.2. The van der Waals surface area contributed by atoms with E-state index in [0.29, 0.717) is 0 Å². The first-order valence-electron chi connectivity index (χ1n) is 10.4. The highest BCUT2D eigenvalue weighted by molar-refractivity contribution is 7.89. The van der Waals surface area contributed by atoms with Gasteiger partial charge < -0.3 is 10.6 Å². The molecule has 0 aliphatic rings. The first-order chi connectivity index (χ1) is 17.4. The zero-order valence-electron chi connectivity index (χ0n) is 19.2. The molecule has 0 aliphatic carbocycles. The fraction of sp³-hybridized carbons (Fsp3) is 0.0435. The number of nitrogens with one attached hydrogen (secondary N) is 3. The lowest BCUT2D eigenvalue weighted by Crippen LogP contribution is -2.29. The van der Waals surface area contributed by atoms with Crippen molar-refractivity contribution >= 4 is 56.1 Å². The predicted molar refractivity (Wildman–Crippen MR) is 136 cm³/mol. The van der Waals surface area contributed by atoms with Crippen molar-refractivity contribution in [2.24, 2.45) is 10.2 Å². The third-order valence-electron chi connectivity index (χ3n) is 4.71. The van der Waals surface area contributed by atoms with E-state index in [1.807, 2.05) is 0 Å². The molecule has 0 heterocycles. The van der Waals surface area contributed by atoms with E-state index in [-0.39, 0.29) is 33.2 Å². The molecule has 3 aromatic carbocycles. The van der Waals surface area contributed by atoms with Gasteiger partial charge in [-0.25, -0.2) is 13.6 Å². The van der Waals surface area contributed by atoms with Gasteiger partial charge in [-0.1, -0.05) is 18.2 Å². The molecule has 190 valence electrons. The van der Waals surface area contributed by atoms with Crippen LogP contribution >= 0.6 is 0 Å². The van der Waals surface area contributed by atoms with Gasteiger partial charge in [0.15, 0.2) is 11.5 Å². The van der Waals surface area contributed by atoms with Gasteiger partial charge in [0.05, 0.1) is 15.5 Å². The van der Waals surface area contributed by atoms with Crippen LogP contribution < -0.4 is 21.2 Å². The molecule has 14 heteroatoms. The van der Waals surface area contributed by atoms with E-state index in [4.69, 9.17) is 5.14 Å². The lowest BCUT2D eigenvalue weighted by Gasteiger charge is -2.09. The number of nitrogens with two attached hydrogens (primary N) is 1. The summed E-state index contributed by atoms with van der Waals surface area (Å²) in [6.07, 6.45) is 0. The van der Waals surface area contributed by atoms with Crippen LogP contribution in [-0.2, 0) is 19.6 Å². The third-order valence-corrected chi connectivity index (χ3v) is 5.62. The average molecular weight is 525 g/mol. The summed E-state index contributed by atoms with van der Waals surface area (Å²) in [5.74, 6) is -2.15. The fourth-order valence-electron chi connectivity index (χ4n) is 2.98. The van der Waals surface area contributed by atoms with Gasteiger partial charge in [-0.3, -0.25) is 29.9 Å². The highest BCUT2D eigenvalue weighted by Gasteiger charge is 2.18. The molecule has 3 rings (SSSR count). The molecular formula is C23H20N6O7S. The van der Waals surface area contributed by atoms with E-state index in [0.717, 1.165) is 13.0 Å². The maximum Gasteiger partial charge on any atom is 0.279 e. The molecule has 0 fully saturated rings. The highest BCUT2D eigenvalue weighted by atomic mass is 32.2. The maximum atomic E-state index is 12.6. The SMILES string of the molecule is CC(=O)/C(=N/Nc1cccc(C(=O)Nc2cccc(S(N)(=O)=O)c2)c1)C(=O)Nc1cccc([N+](=O)[O-])c1. The molecule has 0 saturated carbocycles. The largest absolute Gasteiger partial charge is 0.322 e. The van der Waals surface area contributed by atoms with E-state index in [2.05, 4.69) is 21.2 Å². The Balaban J connectivity index is 1.75.